The van der Waals surface area contributed by atoms with E-state index in [9.17, 15) is 14.9 Å². The summed E-state index contributed by atoms with van der Waals surface area (Å²) in [5, 5.41) is 9.59. The summed E-state index contributed by atoms with van der Waals surface area (Å²) < 4.78 is 0. The minimum atomic E-state index is -0.292. The van der Waals surface area contributed by atoms with E-state index >= 15 is 0 Å². The first-order valence-electron chi connectivity index (χ1n) is 10.1. The Bertz CT molecular complexity index is 909. The van der Waals surface area contributed by atoms with Crippen LogP contribution < -0.4 is 0 Å². The van der Waals surface area contributed by atoms with Crippen LogP contribution in [0.1, 0.15) is 45.9 Å². The summed E-state index contributed by atoms with van der Waals surface area (Å²) >= 11 is 0. The highest BCUT2D eigenvalue weighted by atomic mass is 16.2. The zero-order chi connectivity index (χ0) is 20.8. The Labute approximate surface area is 172 Å². The Kier molecular flexibility index (Phi) is 6.79. The van der Waals surface area contributed by atoms with Crippen molar-refractivity contribution in [3.63, 3.8) is 0 Å². The van der Waals surface area contributed by atoms with Gasteiger partial charge in [0.15, 0.2) is 5.78 Å². The molecule has 5 nitrogen and oxygen atoms in total. The van der Waals surface area contributed by atoms with Gasteiger partial charge in [0.1, 0.15) is 6.04 Å². The van der Waals surface area contributed by atoms with Gasteiger partial charge in [-0.25, -0.2) is 0 Å². The van der Waals surface area contributed by atoms with Crippen molar-refractivity contribution in [2.45, 2.75) is 32.7 Å². The van der Waals surface area contributed by atoms with Crippen LogP contribution in [0.25, 0.3) is 0 Å². The average Bonchev–Trinajstić information content (AvgIpc) is 2.75. The standard InChI is InChI=1S/C24H27N3O2/c1-18-8-9-19(2)21(16-18)23(28)10-11-24(29)27-14-12-26(13-15-27)22(17-25)20-6-4-3-5-7-20/h3-9,16,22H,10-15H2,1-2H3. The highest BCUT2D eigenvalue weighted by Gasteiger charge is 2.27. The first kappa shape index (κ1) is 20.8. The molecule has 2 aromatic rings. The van der Waals surface area contributed by atoms with E-state index in [1.54, 1.807) is 0 Å². The normalized spacial score (nSPS) is 15.6. The molecule has 3 rings (SSSR count). The van der Waals surface area contributed by atoms with Gasteiger partial charge < -0.3 is 4.90 Å². The van der Waals surface area contributed by atoms with Gasteiger partial charge in [-0.1, -0.05) is 48.0 Å². The molecule has 1 aliphatic heterocycles. The minimum Gasteiger partial charge on any atom is -0.340 e. The molecule has 1 aliphatic rings. The van der Waals surface area contributed by atoms with Gasteiger partial charge in [-0.15, -0.1) is 0 Å². The fraction of sp³-hybridized carbons (Fsp3) is 0.375. The van der Waals surface area contributed by atoms with Crippen molar-refractivity contribution in [2.24, 2.45) is 0 Å². The highest BCUT2D eigenvalue weighted by molar-refractivity contribution is 5.99. The van der Waals surface area contributed by atoms with Crippen molar-refractivity contribution >= 4 is 11.7 Å². The number of carbonyl (C=O) groups is 2. The van der Waals surface area contributed by atoms with Crippen LogP contribution in [0.15, 0.2) is 48.5 Å². The molecule has 1 fully saturated rings. The Morgan fingerprint density at radius 1 is 1.00 bits per heavy atom. The van der Waals surface area contributed by atoms with Gasteiger partial charge >= 0.3 is 0 Å². The van der Waals surface area contributed by atoms with Crippen LogP contribution in [-0.2, 0) is 4.79 Å². The molecular weight excluding hydrogens is 362 g/mol. The molecular formula is C24H27N3O2. The third-order valence-corrected chi connectivity index (χ3v) is 5.53. The monoisotopic (exact) mass is 389 g/mol. The number of piperazine rings is 1. The molecule has 0 bridgehead atoms. The van der Waals surface area contributed by atoms with Gasteiger partial charge in [0.05, 0.1) is 6.07 Å². The zero-order valence-electron chi connectivity index (χ0n) is 17.1. The van der Waals surface area contributed by atoms with E-state index in [1.807, 2.05) is 67.3 Å². The smallest absolute Gasteiger partial charge is 0.223 e. The number of hydrogen-bond donors (Lipinski definition) is 0. The van der Waals surface area contributed by atoms with Crippen molar-refractivity contribution in [1.29, 1.82) is 5.26 Å². The summed E-state index contributed by atoms with van der Waals surface area (Å²) in [6.07, 6.45) is 0.459. The second kappa shape index (κ2) is 9.49. The molecule has 0 aromatic heterocycles. The van der Waals surface area contributed by atoms with Crippen LogP contribution in [0, 0.1) is 25.2 Å². The van der Waals surface area contributed by atoms with Gasteiger partial charge in [-0.2, -0.15) is 5.26 Å². The fourth-order valence-electron chi connectivity index (χ4n) is 3.78. The molecule has 1 atom stereocenters. The van der Waals surface area contributed by atoms with Crippen molar-refractivity contribution in [3.8, 4) is 6.07 Å². The first-order valence-corrected chi connectivity index (χ1v) is 10.1. The topological polar surface area (TPSA) is 64.4 Å². The van der Waals surface area contributed by atoms with E-state index in [0.29, 0.717) is 31.7 Å². The SMILES string of the molecule is Cc1ccc(C)c(C(=O)CCC(=O)N2CCN(C(C#N)c3ccccc3)CC2)c1. The maximum atomic E-state index is 12.6. The molecule has 1 unspecified atom stereocenters. The molecule has 0 saturated carbocycles. The predicted molar refractivity (Wildman–Crippen MR) is 112 cm³/mol. The van der Waals surface area contributed by atoms with Gasteiger partial charge in [0.2, 0.25) is 5.91 Å². The van der Waals surface area contributed by atoms with E-state index < -0.39 is 0 Å². The van der Waals surface area contributed by atoms with E-state index in [4.69, 9.17) is 0 Å². The summed E-state index contributed by atoms with van der Waals surface area (Å²) in [6, 6.07) is 17.7. The number of carbonyl (C=O) groups excluding carboxylic acids is 2. The lowest BCUT2D eigenvalue weighted by molar-refractivity contribution is -0.133. The molecule has 29 heavy (non-hydrogen) atoms. The van der Waals surface area contributed by atoms with Crippen molar-refractivity contribution in [1.82, 2.24) is 9.80 Å². The maximum Gasteiger partial charge on any atom is 0.223 e. The van der Waals surface area contributed by atoms with Crippen LogP contribution in [0.4, 0.5) is 0 Å². The third kappa shape index (κ3) is 5.10. The molecule has 1 heterocycles. The van der Waals surface area contributed by atoms with Crippen LogP contribution in [0.5, 0.6) is 0 Å². The second-order valence-corrected chi connectivity index (χ2v) is 7.60. The Hall–Kier alpha value is -2.97. The highest BCUT2D eigenvalue weighted by Crippen LogP contribution is 2.22. The lowest BCUT2D eigenvalue weighted by atomic mass is 9.99. The fourth-order valence-corrected chi connectivity index (χ4v) is 3.78. The number of aryl methyl sites for hydroxylation is 2. The molecule has 1 amide bonds. The Morgan fingerprint density at radius 2 is 1.69 bits per heavy atom. The van der Waals surface area contributed by atoms with E-state index in [0.717, 1.165) is 16.7 Å². The van der Waals surface area contributed by atoms with Crippen molar-refractivity contribution < 1.29 is 9.59 Å². The lowest BCUT2D eigenvalue weighted by Crippen LogP contribution is -2.49. The van der Waals surface area contributed by atoms with E-state index in [1.165, 1.54) is 0 Å². The quantitative estimate of drug-likeness (QED) is 0.707. The molecule has 0 N–H and O–H groups in total. The minimum absolute atomic E-state index is 0.0107. The molecule has 0 spiro atoms. The van der Waals surface area contributed by atoms with Gasteiger partial charge in [-0.05, 0) is 31.0 Å². The van der Waals surface area contributed by atoms with Gasteiger partial charge in [-0.3, -0.25) is 14.5 Å². The maximum absolute atomic E-state index is 12.6. The van der Waals surface area contributed by atoms with Crippen LogP contribution in [0.3, 0.4) is 0 Å². The van der Waals surface area contributed by atoms with Gasteiger partial charge in [0, 0.05) is 44.6 Å². The second-order valence-electron chi connectivity index (χ2n) is 7.60. The first-order chi connectivity index (χ1) is 14.0. The molecule has 150 valence electrons. The van der Waals surface area contributed by atoms with Gasteiger partial charge in [0.25, 0.3) is 0 Å². The number of hydrogen-bond acceptors (Lipinski definition) is 4. The number of Topliss-reactive ketones (excluding diaryl/α,β-unsaturated/α-hetero) is 1. The van der Waals surface area contributed by atoms with E-state index in [-0.39, 0.29) is 30.6 Å². The Morgan fingerprint density at radius 3 is 2.34 bits per heavy atom. The summed E-state index contributed by atoms with van der Waals surface area (Å²) in [5.74, 6) is 0.0309. The number of nitrogens with zero attached hydrogens (tertiary/aromatic N) is 3. The zero-order valence-corrected chi connectivity index (χ0v) is 17.1. The molecule has 2 aromatic carbocycles. The lowest BCUT2D eigenvalue weighted by Gasteiger charge is -2.37. The third-order valence-electron chi connectivity index (χ3n) is 5.53. The average molecular weight is 389 g/mol. The predicted octanol–water partition coefficient (Wildman–Crippen LogP) is 3.68. The summed E-state index contributed by atoms with van der Waals surface area (Å²) in [5.41, 5.74) is 3.69. The Balaban J connectivity index is 1.52. The molecule has 0 aliphatic carbocycles. The van der Waals surface area contributed by atoms with E-state index in [2.05, 4.69) is 11.0 Å². The number of rotatable bonds is 6. The number of benzene rings is 2. The number of ketones is 1. The molecule has 5 heteroatoms. The molecule has 1 saturated heterocycles. The summed E-state index contributed by atoms with van der Waals surface area (Å²) in [7, 11) is 0. The largest absolute Gasteiger partial charge is 0.340 e. The van der Waals surface area contributed by atoms with Crippen LogP contribution in [-0.4, -0.2) is 47.7 Å². The van der Waals surface area contributed by atoms with Crippen molar-refractivity contribution in [3.05, 3.63) is 70.8 Å². The summed E-state index contributed by atoms with van der Waals surface area (Å²) in [6.45, 7) is 6.37. The van der Waals surface area contributed by atoms with Crippen LogP contribution >= 0.6 is 0 Å². The summed E-state index contributed by atoms with van der Waals surface area (Å²) in [4.78, 5) is 29.0. The van der Waals surface area contributed by atoms with Crippen molar-refractivity contribution in [2.75, 3.05) is 26.2 Å². The number of amides is 1. The number of nitriles is 1. The van der Waals surface area contributed by atoms with Crippen LogP contribution in [0.2, 0.25) is 0 Å². The molecule has 0 radical (unpaired) electrons.